The number of hydrogen-bond donors (Lipinski definition) is 0. The Morgan fingerprint density at radius 1 is 0.412 bits per heavy atom. The van der Waals surface area contributed by atoms with Crippen molar-refractivity contribution in [1.82, 2.24) is 15.0 Å². The van der Waals surface area contributed by atoms with E-state index in [0.29, 0.717) is 0 Å². The minimum Gasteiger partial charge on any atom is -0.265 e. The fourth-order valence-electron chi connectivity index (χ4n) is 4.31. The summed E-state index contributed by atoms with van der Waals surface area (Å²) in [7, 11) is 0. The van der Waals surface area contributed by atoms with Crippen molar-refractivity contribution in [3.05, 3.63) is 128 Å². The maximum atomic E-state index is 5.13. The average molecular weight is 436 g/mol. The first-order valence-electron chi connectivity index (χ1n) is 11.3. The van der Waals surface area contributed by atoms with Crippen LogP contribution >= 0.6 is 0 Å². The van der Waals surface area contributed by atoms with Crippen LogP contribution in [0.4, 0.5) is 0 Å². The maximum Gasteiger partial charge on any atom is 0.0787 e. The van der Waals surface area contributed by atoms with Crippen molar-refractivity contribution in [1.29, 1.82) is 0 Å². The van der Waals surface area contributed by atoms with Gasteiger partial charge in [-0.15, -0.1) is 0 Å². The number of aromatic nitrogens is 3. The summed E-state index contributed by atoms with van der Waals surface area (Å²) >= 11 is 0. The van der Waals surface area contributed by atoms with Gasteiger partial charge in [-0.3, -0.25) is 9.97 Å². The molecule has 3 nitrogen and oxygen atoms in total. The van der Waals surface area contributed by atoms with Crippen LogP contribution in [0.15, 0.2) is 128 Å². The normalized spacial score (nSPS) is 10.9. The van der Waals surface area contributed by atoms with Crippen LogP contribution in [-0.2, 0) is 0 Å². The van der Waals surface area contributed by atoms with E-state index >= 15 is 0 Å². The van der Waals surface area contributed by atoms with E-state index in [2.05, 4.69) is 88.8 Å². The number of rotatable bonds is 4. The Hall–Kier alpha value is -4.63. The lowest BCUT2D eigenvalue weighted by Gasteiger charge is -2.11. The summed E-state index contributed by atoms with van der Waals surface area (Å²) in [4.78, 5) is 13.4. The first-order valence-corrected chi connectivity index (χ1v) is 11.3. The quantitative estimate of drug-likeness (QED) is 0.285. The highest BCUT2D eigenvalue weighted by Gasteiger charge is 2.11. The van der Waals surface area contributed by atoms with Crippen molar-refractivity contribution >= 4 is 10.8 Å². The second-order valence-corrected chi connectivity index (χ2v) is 8.20. The summed E-state index contributed by atoms with van der Waals surface area (Å²) in [6.07, 6.45) is 7.28. The molecule has 6 aromatic rings. The van der Waals surface area contributed by atoms with Crippen LogP contribution in [-0.4, -0.2) is 15.0 Å². The molecular weight excluding hydrogens is 414 g/mol. The number of pyridine rings is 3. The summed E-state index contributed by atoms with van der Waals surface area (Å²) in [5, 5.41) is 2.33. The van der Waals surface area contributed by atoms with Gasteiger partial charge >= 0.3 is 0 Å². The molecule has 0 spiro atoms. The van der Waals surface area contributed by atoms with Crippen molar-refractivity contribution in [3.63, 3.8) is 0 Å². The van der Waals surface area contributed by atoms with Crippen LogP contribution in [0, 0.1) is 0 Å². The minimum absolute atomic E-state index is 0.966. The highest BCUT2D eigenvalue weighted by atomic mass is 14.7. The van der Waals surface area contributed by atoms with E-state index in [-0.39, 0.29) is 0 Å². The monoisotopic (exact) mass is 435 g/mol. The first kappa shape index (κ1) is 20.0. The van der Waals surface area contributed by atoms with E-state index in [4.69, 9.17) is 4.98 Å². The molecule has 0 saturated carbocycles. The molecule has 0 aliphatic heterocycles. The first-order chi connectivity index (χ1) is 16.8. The third-order valence-electron chi connectivity index (χ3n) is 6.11. The van der Waals surface area contributed by atoms with Gasteiger partial charge in [0.15, 0.2) is 0 Å². The molecule has 3 aromatic heterocycles. The Kier molecular flexibility index (Phi) is 5.13. The fraction of sp³-hybridized carbons (Fsp3) is 0. The van der Waals surface area contributed by atoms with E-state index in [1.807, 2.05) is 49.1 Å². The van der Waals surface area contributed by atoms with Crippen LogP contribution in [0.1, 0.15) is 0 Å². The minimum atomic E-state index is 0.966. The molecule has 0 atom stereocenters. The van der Waals surface area contributed by atoms with Gasteiger partial charge in [0.25, 0.3) is 0 Å². The van der Waals surface area contributed by atoms with Crippen molar-refractivity contribution in [2.45, 2.75) is 0 Å². The Morgan fingerprint density at radius 2 is 0.882 bits per heavy atom. The van der Waals surface area contributed by atoms with Gasteiger partial charge in [-0.05, 0) is 58.0 Å². The molecule has 0 bridgehead atoms. The van der Waals surface area contributed by atoms with Gasteiger partial charge in [-0.25, -0.2) is 4.98 Å². The van der Waals surface area contributed by atoms with Gasteiger partial charge in [0.05, 0.1) is 11.4 Å². The molecule has 0 aliphatic carbocycles. The summed E-state index contributed by atoms with van der Waals surface area (Å²) < 4.78 is 0. The van der Waals surface area contributed by atoms with Gasteiger partial charge in [0.2, 0.25) is 0 Å². The standard InChI is InChI=1S/C31H21N3/c1-2-4-29-28(3-1)21-30(26-9-5-22(6-10-26)24-13-17-32-18-14-24)34-31(29)27-11-7-23(8-12-27)25-15-19-33-20-16-25/h1-21H. The molecule has 0 amide bonds. The van der Waals surface area contributed by atoms with Crippen LogP contribution in [0.2, 0.25) is 0 Å². The number of hydrogen-bond acceptors (Lipinski definition) is 3. The highest BCUT2D eigenvalue weighted by molar-refractivity contribution is 5.97. The molecule has 3 heterocycles. The van der Waals surface area contributed by atoms with E-state index in [0.717, 1.165) is 39.0 Å². The van der Waals surface area contributed by atoms with Crippen LogP contribution < -0.4 is 0 Å². The smallest absolute Gasteiger partial charge is 0.0787 e. The lowest BCUT2D eigenvalue weighted by molar-refractivity contribution is 1.33. The number of nitrogens with zero attached hydrogens (tertiary/aromatic N) is 3. The maximum absolute atomic E-state index is 5.13. The van der Waals surface area contributed by atoms with Crippen LogP contribution in [0.5, 0.6) is 0 Å². The van der Waals surface area contributed by atoms with Gasteiger partial charge in [0.1, 0.15) is 0 Å². The third kappa shape index (κ3) is 3.84. The van der Waals surface area contributed by atoms with Gasteiger partial charge in [-0.1, -0.05) is 72.8 Å². The molecule has 0 saturated heterocycles. The molecule has 3 heteroatoms. The molecule has 6 rings (SSSR count). The van der Waals surface area contributed by atoms with E-state index < -0.39 is 0 Å². The van der Waals surface area contributed by atoms with E-state index in [1.54, 1.807) is 0 Å². The van der Waals surface area contributed by atoms with E-state index in [1.165, 1.54) is 16.5 Å². The SMILES string of the molecule is c1ccc2c(-c3ccc(-c4ccncc4)cc3)nc(-c3ccc(-c4ccncc4)cc3)cc2c1. The zero-order chi connectivity index (χ0) is 22.7. The molecule has 3 aromatic carbocycles. The Bertz CT molecular complexity index is 1560. The lowest BCUT2D eigenvalue weighted by atomic mass is 9.98. The molecule has 0 unspecified atom stereocenters. The zero-order valence-corrected chi connectivity index (χ0v) is 18.5. The van der Waals surface area contributed by atoms with Gasteiger partial charge in [-0.2, -0.15) is 0 Å². The lowest BCUT2D eigenvalue weighted by Crippen LogP contribution is -1.91. The molecule has 34 heavy (non-hydrogen) atoms. The van der Waals surface area contributed by atoms with E-state index in [9.17, 15) is 0 Å². The zero-order valence-electron chi connectivity index (χ0n) is 18.5. The fourth-order valence-corrected chi connectivity index (χ4v) is 4.31. The topological polar surface area (TPSA) is 38.7 Å². The van der Waals surface area contributed by atoms with Crippen molar-refractivity contribution < 1.29 is 0 Å². The molecular formula is C31H21N3. The van der Waals surface area contributed by atoms with Crippen LogP contribution in [0.3, 0.4) is 0 Å². The summed E-state index contributed by atoms with van der Waals surface area (Å²) in [6, 6.07) is 35.9. The summed E-state index contributed by atoms with van der Waals surface area (Å²) in [6.45, 7) is 0. The molecule has 0 fully saturated rings. The Labute approximate surface area is 198 Å². The average Bonchev–Trinajstić information content (AvgIpc) is 2.94. The Balaban J connectivity index is 1.42. The second-order valence-electron chi connectivity index (χ2n) is 8.20. The predicted octanol–water partition coefficient (Wildman–Crippen LogP) is 7.69. The molecule has 160 valence electrons. The second kappa shape index (κ2) is 8.72. The molecule has 0 radical (unpaired) electrons. The number of benzene rings is 3. The largest absolute Gasteiger partial charge is 0.265 e. The predicted molar refractivity (Wildman–Crippen MR) is 139 cm³/mol. The van der Waals surface area contributed by atoms with Crippen molar-refractivity contribution in [3.8, 4) is 44.8 Å². The van der Waals surface area contributed by atoms with Crippen molar-refractivity contribution in [2.75, 3.05) is 0 Å². The van der Waals surface area contributed by atoms with Gasteiger partial charge < -0.3 is 0 Å². The molecule has 0 aliphatic rings. The van der Waals surface area contributed by atoms with Gasteiger partial charge in [0, 0.05) is 41.3 Å². The third-order valence-corrected chi connectivity index (χ3v) is 6.11. The number of fused-ring (bicyclic) bond motifs is 1. The van der Waals surface area contributed by atoms with Crippen LogP contribution in [0.25, 0.3) is 55.5 Å². The summed E-state index contributed by atoms with van der Waals surface area (Å²) in [5.74, 6) is 0. The summed E-state index contributed by atoms with van der Waals surface area (Å²) in [5.41, 5.74) is 8.80. The Morgan fingerprint density at radius 3 is 1.47 bits per heavy atom. The molecule has 0 N–H and O–H groups in total. The van der Waals surface area contributed by atoms with Crippen molar-refractivity contribution in [2.24, 2.45) is 0 Å². The highest BCUT2D eigenvalue weighted by Crippen LogP contribution is 2.33.